The van der Waals surface area contributed by atoms with Gasteiger partial charge in [-0.3, -0.25) is 9.59 Å². The minimum Gasteiger partial charge on any atom is -0.484 e. The fraction of sp³-hybridized carbons (Fsp3) is 0.333. The second-order valence-corrected chi connectivity index (χ2v) is 6.52. The van der Waals surface area contributed by atoms with Crippen LogP contribution in [0.3, 0.4) is 0 Å². The van der Waals surface area contributed by atoms with Crippen LogP contribution in [0.5, 0.6) is 5.75 Å². The summed E-state index contributed by atoms with van der Waals surface area (Å²) in [5, 5.41) is 5.34. The molecule has 6 heteroatoms. The predicted octanol–water partition coefficient (Wildman–Crippen LogP) is 2.81. The molecule has 0 bridgehead atoms. The van der Waals surface area contributed by atoms with E-state index in [1.807, 2.05) is 42.5 Å². The van der Waals surface area contributed by atoms with E-state index in [1.165, 1.54) is 24.9 Å². The summed E-state index contributed by atoms with van der Waals surface area (Å²) in [7, 11) is 0. The van der Waals surface area contributed by atoms with Crippen LogP contribution in [-0.2, 0) is 9.59 Å². The molecule has 0 radical (unpaired) electrons. The summed E-state index contributed by atoms with van der Waals surface area (Å²) in [6.07, 6.45) is 3.76. The lowest BCUT2D eigenvalue weighted by Gasteiger charge is -2.28. The molecule has 1 aliphatic rings. The fourth-order valence-electron chi connectivity index (χ4n) is 3.01. The van der Waals surface area contributed by atoms with Crippen molar-refractivity contribution in [2.24, 2.45) is 0 Å². The first-order valence-electron chi connectivity index (χ1n) is 9.30. The van der Waals surface area contributed by atoms with Gasteiger partial charge in [-0.15, -0.1) is 0 Å². The summed E-state index contributed by atoms with van der Waals surface area (Å²) in [5.41, 5.74) is 1.90. The Labute approximate surface area is 159 Å². The van der Waals surface area contributed by atoms with Gasteiger partial charge in [-0.1, -0.05) is 18.2 Å². The summed E-state index contributed by atoms with van der Waals surface area (Å²) in [4.78, 5) is 26.1. The third-order valence-corrected chi connectivity index (χ3v) is 4.43. The Hall–Kier alpha value is -3.02. The maximum absolute atomic E-state index is 12.0. The smallest absolute Gasteiger partial charge is 0.258 e. The van der Waals surface area contributed by atoms with E-state index < -0.39 is 0 Å². The Morgan fingerprint density at radius 3 is 2.30 bits per heavy atom. The highest BCUT2D eigenvalue weighted by atomic mass is 16.5. The summed E-state index contributed by atoms with van der Waals surface area (Å²) >= 11 is 0. The number of ether oxygens (including phenoxy) is 1. The van der Waals surface area contributed by atoms with Crippen LogP contribution >= 0.6 is 0 Å². The molecule has 142 valence electrons. The molecule has 6 nitrogen and oxygen atoms in total. The number of para-hydroxylation sites is 1. The SMILES string of the molecule is O=C(COc1ccccc1)NCC(=O)Nc1ccc(N2CCCCC2)cc1. The molecule has 0 unspecified atom stereocenters. The molecule has 1 fully saturated rings. The van der Waals surface area contributed by atoms with Gasteiger partial charge in [-0.25, -0.2) is 0 Å². The quantitative estimate of drug-likeness (QED) is 0.789. The van der Waals surface area contributed by atoms with Gasteiger partial charge < -0.3 is 20.3 Å². The first-order valence-corrected chi connectivity index (χ1v) is 9.30. The van der Waals surface area contributed by atoms with E-state index in [0.29, 0.717) is 5.75 Å². The minimum atomic E-state index is -0.338. The number of benzene rings is 2. The van der Waals surface area contributed by atoms with Crippen LogP contribution in [0.4, 0.5) is 11.4 Å². The monoisotopic (exact) mass is 367 g/mol. The van der Waals surface area contributed by atoms with Crippen molar-refractivity contribution in [1.82, 2.24) is 5.32 Å². The van der Waals surface area contributed by atoms with E-state index >= 15 is 0 Å². The first-order chi connectivity index (χ1) is 13.2. The molecular formula is C21H25N3O3. The molecule has 3 rings (SSSR count). The largest absolute Gasteiger partial charge is 0.484 e. The third kappa shape index (κ3) is 6.02. The summed E-state index contributed by atoms with van der Waals surface area (Å²) in [6.45, 7) is 1.96. The predicted molar refractivity (Wildman–Crippen MR) is 106 cm³/mol. The van der Waals surface area contributed by atoms with Gasteiger partial charge in [0.25, 0.3) is 5.91 Å². The first kappa shape index (κ1) is 18.8. The molecule has 2 aromatic rings. The number of rotatable bonds is 7. The molecule has 1 heterocycles. The number of carbonyl (C=O) groups excluding carboxylic acids is 2. The molecule has 1 aliphatic heterocycles. The van der Waals surface area contributed by atoms with Gasteiger partial charge in [0.15, 0.2) is 6.61 Å². The highest BCUT2D eigenvalue weighted by Crippen LogP contribution is 2.21. The van der Waals surface area contributed by atoms with E-state index in [9.17, 15) is 9.59 Å². The molecule has 2 amide bonds. The third-order valence-electron chi connectivity index (χ3n) is 4.43. The van der Waals surface area contributed by atoms with Gasteiger partial charge in [0, 0.05) is 24.5 Å². The van der Waals surface area contributed by atoms with Gasteiger partial charge in [0.2, 0.25) is 5.91 Å². The van der Waals surface area contributed by atoms with Crippen molar-refractivity contribution in [2.75, 3.05) is 36.5 Å². The molecule has 0 aromatic heterocycles. The lowest BCUT2D eigenvalue weighted by atomic mass is 10.1. The summed E-state index contributed by atoms with van der Waals surface area (Å²) in [5.74, 6) is 0.00845. The Morgan fingerprint density at radius 2 is 1.59 bits per heavy atom. The molecule has 0 saturated carbocycles. The standard InChI is InChI=1S/C21H25N3O3/c25-20(15-22-21(26)16-27-19-7-3-1-4-8-19)23-17-9-11-18(12-10-17)24-13-5-2-6-14-24/h1,3-4,7-12H,2,5-6,13-16H2,(H,22,26)(H,23,25). The van der Waals surface area contributed by atoms with Gasteiger partial charge in [-0.2, -0.15) is 0 Å². The molecular weight excluding hydrogens is 342 g/mol. The second-order valence-electron chi connectivity index (χ2n) is 6.52. The average Bonchev–Trinajstić information content (AvgIpc) is 2.73. The number of nitrogens with zero attached hydrogens (tertiary/aromatic N) is 1. The number of piperidine rings is 1. The van der Waals surface area contributed by atoms with Crippen molar-refractivity contribution in [1.29, 1.82) is 0 Å². The Kier molecular flexibility index (Phi) is 6.68. The van der Waals surface area contributed by atoms with E-state index in [1.54, 1.807) is 12.1 Å². The molecule has 0 atom stereocenters. The van der Waals surface area contributed by atoms with Crippen molar-refractivity contribution >= 4 is 23.2 Å². The topological polar surface area (TPSA) is 70.7 Å². The van der Waals surface area contributed by atoms with Gasteiger partial charge in [0.1, 0.15) is 5.75 Å². The highest BCUT2D eigenvalue weighted by molar-refractivity contribution is 5.94. The molecule has 27 heavy (non-hydrogen) atoms. The number of hydrogen-bond acceptors (Lipinski definition) is 4. The number of anilines is 2. The summed E-state index contributed by atoms with van der Waals surface area (Å²) < 4.78 is 5.34. The fourth-order valence-corrected chi connectivity index (χ4v) is 3.01. The van der Waals surface area contributed by atoms with Crippen molar-refractivity contribution in [3.05, 3.63) is 54.6 Å². The lowest BCUT2D eigenvalue weighted by molar-refractivity contribution is -0.125. The van der Waals surface area contributed by atoms with Gasteiger partial charge in [-0.05, 0) is 55.7 Å². The zero-order valence-corrected chi connectivity index (χ0v) is 15.3. The van der Waals surface area contributed by atoms with E-state index in [4.69, 9.17) is 4.74 Å². The van der Waals surface area contributed by atoms with Crippen molar-refractivity contribution in [2.45, 2.75) is 19.3 Å². The van der Waals surface area contributed by atoms with Gasteiger partial charge in [0.05, 0.1) is 6.54 Å². The van der Waals surface area contributed by atoms with E-state index in [-0.39, 0.29) is 25.0 Å². The molecule has 2 aromatic carbocycles. The summed E-state index contributed by atoms with van der Waals surface area (Å²) in [6, 6.07) is 16.9. The van der Waals surface area contributed by atoms with Crippen molar-refractivity contribution < 1.29 is 14.3 Å². The zero-order valence-electron chi connectivity index (χ0n) is 15.3. The average molecular weight is 367 g/mol. The van der Waals surface area contributed by atoms with Crippen LogP contribution in [0.25, 0.3) is 0 Å². The minimum absolute atomic E-state index is 0.0924. The van der Waals surface area contributed by atoms with Crippen LogP contribution in [0.15, 0.2) is 54.6 Å². The van der Waals surface area contributed by atoms with E-state index in [2.05, 4.69) is 15.5 Å². The van der Waals surface area contributed by atoms with Crippen LogP contribution in [0.1, 0.15) is 19.3 Å². The number of nitrogens with one attached hydrogen (secondary N) is 2. The highest BCUT2D eigenvalue weighted by Gasteiger charge is 2.11. The second kappa shape index (κ2) is 9.62. The Morgan fingerprint density at radius 1 is 0.889 bits per heavy atom. The van der Waals surface area contributed by atoms with Crippen LogP contribution in [-0.4, -0.2) is 38.1 Å². The van der Waals surface area contributed by atoms with Crippen LogP contribution in [0.2, 0.25) is 0 Å². The molecule has 0 aliphatic carbocycles. The molecule has 2 N–H and O–H groups in total. The Bertz CT molecular complexity index is 741. The van der Waals surface area contributed by atoms with Gasteiger partial charge >= 0.3 is 0 Å². The zero-order chi connectivity index (χ0) is 18.9. The lowest BCUT2D eigenvalue weighted by Crippen LogP contribution is -2.35. The van der Waals surface area contributed by atoms with Crippen LogP contribution < -0.4 is 20.3 Å². The van der Waals surface area contributed by atoms with Crippen molar-refractivity contribution in [3.63, 3.8) is 0 Å². The number of carbonyl (C=O) groups is 2. The molecule has 1 saturated heterocycles. The number of hydrogen-bond donors (Lipinski definition) is 2. The van der Waals surface area contributed by atoms with Crippen molar-refractivity contribution in [3.8, 4) is 5.75 Å². The molecule has 0 spiro atoms. The normalized spacial score (nSPS) is 13.7. The van der Waals surface area contributed by atoms with E-state index in [0.717, 1.165) is 18.8 Å². The maximum atomic E-state index is 12.0. The number of amides is 2. The Balaban J connectivity index is 1.39. The van der Waals surface area contributed by atoms with Crippen LogP contribution in [0, 0.1) is 0 Å². The maximum Gasteiger partial charge on any atom is 0.258 e.